The lowest BCUT2D eigenvalue weighted by Crippen LogP contribution is -2.59. The van der Waals surface area contributed by atoms with Crippen molar-refractivity contribution < 1.29 is 29.0 Å². The van der Waals surface area contributed by atoms with Gasteiger partial charge in [0.2, 0.25) is 11.8 Å². The molecule has 1 aromatic rings. The first kappa shape index (κ1) is 28.8. The average molecular weight is 540 g/mol. The van der Waals surface area contributed by atoms with Gasteiger partial charge in [-0.15, -0.1) is 13.2 Å². The van der Waals surface area contributed by atoms with Crippen molar-refractivity contribution in [2.75, 3.05) is 38.8 Å². The molecule has 1 N–H and O–H groups in total. The number of amides is 3. The minimum absolute atomic E-state index is 0.0778. The van der Waals surface area contributed by atoms with E-state index in [9.17, 15) is 19.5 Å². The number of anilines is 1. The molecule has 0 aliphatic carbocycles. The lowest BCUT2D eigenvalue weighted by molar-refractivity contribution is -0.153. The molecule has 0 radical (unpaired) electrons. The molecule has 3 fully saturated rings. The Labute approximate surface area is 231 Å². The van der Waals surface area contributed by atoms with Crippen molar-refractivity contribution in [1.82, 2.24) is 9.80 Å². The van der Waals surface area contributed by atoms with Crippen LogP contribution >= 0.6 is 0 Å². The van der Waals surface area contributed by atoms with E-state index >= 15 is 0 Å². The Kier molecular flexibility index (Phi) is 7.96. The van der Waals surface area contributed by atoms with Crippen LogP contribution in [0.2, 0.25) is 0 Å². The van der Waals surface area contributed by atoms with E-state index in [2.05, 4.69) is 13.2 Å². The van der Waals surface area contributed by atoms with E-state index in [-0.39, 0.29) is 36.8 Å². The van der Waals surface area contributed by atoms with Gasteiger partial charge in [0.15, 0.2) is 0 Å². The molecule has 1 spiro atoms. The first-order chi connectivity index (χ1) is 18.6. The fraction of sp³-hybridized carbons (Fsp3) is 0.567. The number of aliphatic hydroxyl groups is 1. The Morgan fingerprint density at radius 1 is 1.23 bits per heavy atom. The largest absolute Gasteiger partial charge is 0.497 e. The van der Waals surface area contributed by atoms with Crippen LogP contribution in [0.4, 0.5) is 5.69 Å². The SMILES string of the molecule is C=CCN(C)C(=O)[C@H]1[C@H]2C(=O)N([C@@H](CC)CO)C(C(=O)N(CC=C)c3ccc(OC)cc3)C23CC(C)[C@]1(C)O3. The third kappa shape index (κ3) is 4.26. The summed E-state index contributed by atoms with van der Waals surface area (Å²) in [7, 11) is 3.26. The zero-order valence-corrected chi connectivity index (χ0v) is 23.6. The number of likely N-dealkylation sites (tertiary alicyclic amines) is 1. The maximum Gasteiger partial charge on any atom is 0.253 e. The Hall–Kier alpha value is -3.17. The molecule has 0 saturated carbocycles. The number of hydrogen-bond acceptors (Lipinski definition) is 6. The fourth-order valence-electron chi connectivity index (χ4n) is 7.02. The van der Waals surface area contributed by atoms with Gasteiger partial charge in [-0.3, -0.25) is 14.4 Å². The van der Waals surface area contributed by atoms with Crippen molar-refractivity contribution in [3.8, 4) is 5.75 Å². The lowest BCUT2D eigenvalue weighted by Gasteiger charge is -2.39. The monoisotopic (exact) mass is 539 g/mol. The molecule has 9 heteroatoms. The molecule has 1 aromatic carbocycles. The molecule has 2 bridgehead atoms. The van der Waals surface area contributed by atoms with E-state index in [1.807, 2.05) is 20.8 Å². The minimum atomic E-state index is -1.20. The summed E-state index contributed by atoms with van der Waals surface area (Å²) in [6, 6.07) is 5.50. The molecular weight excluding hydrogens is 498 g/mol. The summed E-state index contributed by atoms with van der Waals surface area (Å²) in [4.78, 5) is 47.4. The Balaban J connectivity index is 1.86. The summed E-state index contributed by atoms with van der Waals surface area (Å²) in [6.45, 7) is 13.6. The summed E-state index contributed by atoms with van der Waals surface area (Å²) in [6.07, 6.45) is 4.17. The highest BCUT2D eigenvalue weighted by molar-refractivity contribution is 6.05. The zero-order chi connectivity index (χ0) is 28.7. The van der Waals surface area contributed by atoms with Crippen LogP contribution in [-0.2, 0) is 19.1 Å². The third-order valence-corrected chi connectivity index (χ3v) is 9.07. The van der Waals surface area contributed by atoms with Crippen LogP contribution in [0.25, 0.3) is 0 Å². The number of nitrogens with zero attached hydrogens (tertiary/aromatic N) is 3. The zero-order valence-electron chi connectivity index (χ0n) is 23.6. The van der Waals surface area contributed by atoms with Crippen LogP contribution in [0, 0.1) is 17.8 Å². The summed E-state index contributed by atoms with van der Waals surface area (Å²) < 4.78 is 12.1. The topological polar surface area (TPSA) is 99.6 Å². The summed E-state index contributed by atoms with van der Waals surface area (Å²) in [5, 5.41) is 10.3. The van der Waals surface area contributed by atoms with Crippen LogP contribution < -0.4 is 9.64 Å². The Morgan fingerprint density at radius 3 is 2.41 bits per heavy atom. The van der Waals surface area contributed by atoms with Crippen molar-refractivity contribution in [2.24, 2.45) is 17.8 Å². The number of carbonyl (C=O) groups is 3. The molecule has 39 heavy (non-hydrogen) atoms. The summed E-state index contributed by atoms with van der Waals surface area (Å²) in [5.41, 5.74) is -1.50. The summed E-state index contributed by atoms with van der Waals surface area (Å²) in [5.74, 6) is -1.87. The van der Waals surface area contributed by atoms with Crippen molar-refractivity contribution in [2.45, 2.75) is 56.9 Å². The second-order valence-corrected chi connectivity index (χ2v) is 11.1. The molecule has 0 aromatic heterocycles. The summed E-state index contributed by atoms with van der Waals surface area (Å²) >= 11 is 0. The van der Waals surface area contributed by atoms with Gasteiger partial charge in [-0.1, -0.05) is 26.0 Å². The average Bonchev–Trinajstić information content (AvgIpc) is 3.44. The molecule has 3 aliphatic rings. The molecule has 4 rings (SSSR count). The number of benzene rings is 1. The number of ether oxygens (including phenoxy) is 2. The van der Waals surface area contributed by atoms with Gasteiger partial charge in [0.05, 0.1) is 37.2 Å². The highest BCUT2D eigenvalue weighted by atomic mass is 16.5. The Morgan fingerprint density at radius 2 is 1.87 bits per heavy atom. The van der Waals surface area contributed by atoms with Gasteiger partial charge in [-0.2, -0.15) is 0 Å². The number of hydrogen-bond donors (Lipinski definition) is 1. The minimum Gasteiger partial charge on any atom is -0.497 e. The van der Waals surface area contributed by atoms with Crippen molar-refractivity contribution >= 4 is 23.4 Å². The number of rotatable bonds is 11. The second kappa shape index (κ2) is 10.8. The number of methoxy groups -OCH3 is 1. The molecule has 7 atom stereocenters. The van der Waals surface area contributed by atoms with Crippen molar-refractivity contribution in [3.05, 3.63) is 49.6 Å². The Bertz CT molecular complexity index is 1130. The van der Waals surface area contributed by atoms with Gasteiger partial charge in [0, 0.05) is 25.8 Å². The van der Waals surface area contributed by atoms with Gasteiger partial charge in [0.1, 0.15) is 17.4 Å². The van der Waals surface area contributed by atoms with E-state index in [4.69, 9.17) is 9.47 Å². The van der Waals surface area contributed by atoms with E-state index < -0.39 is 35.1 Å². The van der Waals surface area contributed by atoms with Gasteiger partial charge in [0.25, 0.3) is 5.91 Å². The molecule has 212 valence electrons. The van der Waals surface area contributed by atoms with E-state index in [0.29, 0.717) is 30.8 Å². The van der Waals surface area contributed by atoms with Gasteiger partial charge < -0.3 is 29.3 Å². The second-order valence-electron chi connectivity index (χ2n) is 11.1. The molecule has 3 heterocycles. The quantitative estimate of drug-likeness (QED) is 0.434. The number of aliphatic hydroxyl groups excluding tert-OH is 1. The van der Waals surface area contributed by atoms with E-state index in [0.717, 1.165) is 0 Å². The highest BCUT2D eigenvalue weighted by Gasteiger charge is 2.80. The van der Waals surface area contributed by atoms with Crippen LogP contribution in [0.5, 0.6) is 5.75 Å². The van der Waals surface area contributed by atoms with Gasteiger partial charge >= 0.3 is 0 Å². The van der Waals surface area contributed by atoms with Crippen LogP contribution in [0.3, 0.4) is 0 Å². The molecule has 3 aliphatic heterocycles. The maximum absolute atomic E-state index is 14.6. The van der Waals surface area contributed by atoms with Gasteiger partial charge in [-0.25, -0.2) is 0 Å². The molecule has 3 unspecified atom stereocenters. The molecule has 3 saturated heterocycles. The smallest absolute Gasteiger partial charge is 0.253 e. The number of likely N-dealkylation sites (N-methyl/N-ethyl adjacent to an activating group) is 1. The number of fused-ring (bicyclic) bond motifs is 1. The standard InChI is InChI=1S/C30H41N3O6/c1-8-15-31(6)26(35)23-24-27(36)33(20(10-3)18-34)25(30(24)17-19(4)29(23,5)39-30)28(37)32(16-9-2)21-11-13-22(38-7)14-12-21/h8-9,11-14,19-20,23-25,34H,1-2,10,15-18H2,3-7H3/t19?,20-,23+,24-,25?,29-,30?/m0/s1. The molecule has 3 amide bonds. The van der Waals surface area contributed by atoms with Crippen molar-refractivity contribution in [1.29, 1.82) is 0 Å². The van der Waals surface area contributed by atoms with Crippen LogP contribution in [-0.4, -0.2) is 89.8 Å². The first-order valence-corrected chi connectivity index (χ1v) is 13.6. The van der Waals surface area contributed by atoms with E-state index in [1.165, 1.54) is 4.90 Å². The van der Waals surface area contributed by atoms with Gasteiger partial charge in [-0.05, 0) is 49.9 Å². The molecular formula is C30H41N3O6. The van der Waals surface area contributed by atoms with Crippen LogP contribution in [0.15, 0.2) is 49.6 Å². The van der Waals surface area contributed by atoms with E-state index in [1.54, 1.807) is 60.4 Å². The fourth-order valence-corrected chi connectivity index (χ4v) is 7.02. The predicted octanol–water partition coefficient (Wildman–Crippen LogP) is 2.64. The normalized spacial score (nSPS) is 31.5. The predicted molar refractivity (Wildman–Crippen MR) is 148 cm³/mol. The first-order valence-electron chi connectivity index (χ1n) is 13.6. The number of carbonyl (C=O) groups excluding carboxylic acids is 3. The van der Waals surface area contributed by atoms with Crippen molar-refractivity contribution in [3.63, 3.8) is 0 Å². The highest BCUT2D eigenvalue weighted by Crippen LogP contribution is 2.65. The van der Waals surface area contributed by atoms with Crippen LogP contribution in [0.1, 0.15) is 33.6 Å². The maximum atomic E-state index is 14.6. The third-order valence-electron chi connectivity index (χ3n) is 9.07. The molecule has 9 nitrogen and oxygen atoms in total. The lowest BCUT2D eigenvalue weighted by atomic mass is 9.62.